The Hall–Kier alpha value is -2.55. The van der Waals surface area contributed by atoms with E-state index in [0.29, 0.717) is 47.7 Å². The highest BCUT2D eigenvalue weighted by Crippen LogP contribution is 2.35. The summed E-state index contributed by atoms with van der Waals surface area (Å²) in [6.07, 6.45) is 1.53. The number of carbonyl (C=O) groups is 1. The molecule has 4 aromatic carbocycles. The van der Waals surface area contributed by atoms with E-state index in [0.717, 1.165) is 16.7 Å². The number of benzene rings is 4. The van der Waals surface area contributed by atoms with Gasteiger partial charge in [0.1, 0.15) is 24.7 Å². The zero-order valence-electron chi connectivity index (χ0n) is 19.6. The van der Waals surface area contributed by atoms with E-state index in [2.05, 4.69) is 42.4 Å². The molecular formula is C28H19Br2Cl3N2O3. The SMILES string of the molecule is O=C(N/N=C/c1cc(Br)c(OCc2ccccc2Cl)c(Br)c1)c1ccccc1OCc1ccc(Cl)cc1Cl. The summed E-state index contributed by atoms with van der Waals surface area (Å²) in [7, 11) is 0. The Bertz CT molecular complexity index is 1480. The van der Waals surface area contributed by atoms with E-state index in [1.54, 1.807) is 42.5 Å². The van der Waals surface area contributed by atoms with Crippen molar-refractivity contribution >= 4 is 78.8 Å². The Kier molecular flexibility index (Phi) is 10.1. The fraction of sp³-hybridized carbons (Fsp3) is 0.0714. The molecule has 0 saturated heterocycles. The molecule has 0 aliphatic rings. The Morgan fingerprint density at radius 2 is 1.47 bits per heavy atom. The maximum absolute atomic E-state index is 12.8. The maximum atomic E-state index is 12.8. The van der Waals surface area contributed by atoms with Gasteiger partial charge in [-0.1, -0.05) is 71.2 Å². The molecule has 0 bridgehead atoms. The molecule has 38 heavy (non-hydrogen) atoms. The first-order chi connectivity index (χ1) is 18.3. The molecule has 0 radical (unpaired) electrons. The van der Waals surface area contributed by atoms with Crippen LogP contribution in [0.25, 0.3) is 0 Å². The van der Waals surface area contributed by atoms with Gasteiger partial charge in [-0.15, -0.1) is 0 Å². The molecule has 5 nitrogen and oxygen atoms in total. The Morgan fingerprint density at radius 3 is 2.21 bits per heavy atom. The van der Waals surface area contributed by atoms with Gasteiger partial charge in [0.15, 0.2) is 0 Å². The van der Waals surface area contributed by atoms with Crippen LogP contribution in [0.2, 0.25) is 15.1 Å². The fourth-order valence-corrected chi connectivity index (χ4v) is 5.46. The molecule has 0 unspecified atom stereocenters. The lowest BCUT2D eigenvalue weighted by Crippen LogP contribution is -2.18. The molecule has 0 atom stereocenters. The van der Waals surface area contributed by atoms with Crippen LogP contribution in [0.3, 0.4) is 0 Å². The van der Waals surface area contributed by atoms with E-state index in [-0.39, 0.29) is 6.61 Å². The first-order valence-electron chi connectivity index (χ1n) is 11.2. The topological polar surface area (TPSA) is 59.9 Å². The van der Waals surface area contributed by atoms with Crippen LogP contribution < -0.4 is 14.9 Å². The van der Waals surface area contributed by atoms with Crippen molar-refractivity contribution in [3.05, 3.63) is 125 Å². The lowest BCUT2D eigenvalue weighted by molar-refractivity contribution is 0.0950. The predicted octanol–water partition coefficient (Wildman–Crippen LogP) is 9.09. The monoisotopic (exact) mass is 694 g/mol. The van der Waals surface area contributed by atoms with Crippen LogP contribution in [0.1, 0.15) is 27.0 Å². The van der Waals surface area contributed by atoms with E-state index in [1.165, 1.54) is 6.21 Å². The van der Waals surface area contributed by atoms with Crippen molar-refractivity contribution in [1.29, 1.82) is 0 Å². The maximum Gasteiger partial charge on any atom is 0.275 e. The number of amides is 1. The number of nitrogens with zero attached hydrogens (tertiary/aromatic N) is 1. The standard InChI is InChI=1S/C28H19Br2Cl3N2O3/c29-22-11-17(12-23(30)27(22)38-16-18-5-1-3-7-24(18)32)14-34-35-28(36)21-6-2-4-8-26(21)37-15-19-9-10-20(31)13-25(19)33/h1-14H,15-16H2,(H,35,36)/b34-14+. The average Bonchev–Trinajstić information content (AvgIpc) is 2.89. The van der Waals surface area contributed by atoms with Crippen LogP contribution in [0, 0.1) is 0 Å². The van der Waals surface area contributed by atoms with Crippen molar-refractivity contribution < 1.29 is 14.3 Å². The van der Waals surface area contributed by atoms with Crippen LogP contribution in [-0.4, -0.2) is 12.1 Å². The molecule has 4 aromatic rings. The third-order valence-corrected chi connectivity index (χ3v) is 7.39. The number of hydrogen-bond acceptors (Lipinski definition) is 4. The molecule has 0 aromatic heterocycles. The zero-order valence-corrected chi connectivity index (χ0v) is 25.0. The third-order valence-electron chi connectivity index (χ3n) is 5.26. The summed E-state index contributed by atoms with van der Waals surface area (Å²) in [6, 6.07) is 23.2. The third kappa shape index (κ3) is 7.52. The normalized spacial score (nSPS) is 11.0. The smallest absolute Gasteiger partial charge is 0.275 e. The molecule has 0 saturated carbocycles. The Morgan fingerprint density at radius 1 is 0.816 bits per heavy atom. The van der Waals surface area contributed by atoms with Gasteiger partial charge in [-0.3, -0.25) is 4.79 Å². The van der Waals surface area contributed by atoms with Crippen LogP contribution in [0.15, 0.2) is 92.9 Å². The Labute approximate surface area is 252 Å². The minimum Gasteiger partial charge on any atom is -0.488 e. The summed E-state index contributed by atoms with van der Waals surface area (Å²) in [4.78, 5) is 12.8. The number of carbonyl (C=O) groups excluding carboxylic acids is 1. The van der Waals surface area contributed by atoms with Gasteiger partial charge < -0.3 is 9.47 Å². The van der Waals surface area contributed by atoms with Crippen molar-refractivity contribution in [2.45, 2.75) is 13.2 Å². The molecule has 194 valence electrons. The molecule has 4 rings (SSSR count). The molecule has 0 spiro atoms. The number of ether oxygens (including phenoxy) is 2. The molecule has 0 fully saturated rings. The first-order valence-corrected chi connectivity index (χ1v) is 13.9. The van der Waals surface area contributed by atoms with E-state index in [1.807, 2.05) is 36.4 Å². The predicted molar refractivity (Wildman–Crippen MR) is 160 cm³/mol. The van der Waals surface area contributed by atoms with E-state index in [4.69, 9.17) is 44.3 Å². The molecule has 0 heterocycles. The largest absolute Gasteiger partial charge is 0.488 e. The van der Waals surface area contributed by atoms with Gasteiger partial charge in [-0.05, 0) is 79.9 Å². The molecule has 1 N–H and O–H groups in total. The van der Waals surface area contributed by atoms with Crippen LogP contribution in [0.4, 0.5) is 0 Å². The zero-order chi connectivity index (χ0) is 27.1. The van der Waals surface area contributed by atoms with Crippen LogP contribution in [0.5, 0.6) is 11.5 Å². The van der Waals surface area contributed by atoms with Gasteiger partial charge in [0.25, 0.3) is 5.91 Å². The van der Waals surface area contributed by atoms with Crippen molar-refractivity contribution in [1.82, 2.24) is 5.43 Å². The van der Waals surface area contributed by atoms with Gasteiger partial charge >= 0.3 is 0 Å². The summed E-state index contributed by atoms with van der Waals surface area (Å²) in [6.45, 7) is 0.489. The second kappa shape index (κ2) is 13.5. The number of halogens is 5. The van der Waals surface area contributed by atoms with E-state index < -0.39 is 5.91 Å². The molecule has 1 amide bonds. The van der Waals surface area contributed by atoms with Crippen LogP contribution in [-0.2, 0) is 13.2 Å². The number of para-hydroxylation sites is 1. The highest BCUT2D eigenvalue weighted by molar-refractivity contribution is 9.11. The second-order valence-electron chi connectivity index (χ2n) is 7.91. The van der Waals surface area contributed by atoms with E-state index in [9.17, 15) is 4.79 Å². The molecule has 0 aliphatic carbocycles. The van der Waals surface area contributed by atoms with E-state index >= 15 is 0 Å². The van der Waals surface area contributed by atoms with Gasteiger partial charge in [-0.2, -0.15) is 5.10 Å². The fourth-order valence-electron chi connectivity index (χ4n) is 3.36. The number of hydrazone groups is 1. The summed E-state index contributed by atoms with van der Waals surface area (Å²) in [5, 5.41) is 5.77. The average molecular weight is 698 g/mol. The number of rotatable bonds is 9. The van der Waals surface area contributed by atoms with Gasteiger partial charge in [-0.25, -0.2) is 5.43 Å². The van der Waals surface area contributed by atoms with Crippen molar-refractivity contribution in [2.75, 3.05) is 0 Å². The van der Waals surface area contributed by atoms with Crippen molar-refractivity contribution in [3.63, 3.8) is 0 Å². The van der Waals surface area contributed by atoms with Gasteiger partial charge in [0, 0.05) is 26.2 Å². The first kappa shape index (κ1) is 28.5. The highest BCUT2D eigenvalue weighted by Gasteiger charge is 2.13. The summed E-state index contributed by atoms with van der Waals surface area (Å²) >= 11 is 25.5. The minimum atomic E-state index is -0.420. The lowest BCUT2D eigenvalue weighted by Gasteiger charge is -2.12. The minimum absolute atomic E-state index is 0.177. The quantitative estimate of drug-likeness (QED) is 0.140. The summed E-state index contributed by atoms with van der Waals surface area (Å²) in [5.74, 6) is 0.603. The van der Waals surface area contributed by atoms with Crippen LogP contribution >= 0.6 is 66.7 Å². The Balaban J connectivity index is 1.39. The van der Waals surface area contributed by atoms with Crippen molar-refractivity contribution in [3.8, 4) is 11.5 Å². The lowest BCUT2D eigenvalue weighted by atomic mass is 10.2. The molecule has 10 heteroatoms. The highest BCUT2D eigenvalue weighted by atomic mass is 79.9. The molecular weight excluding hydrogens is 678 g/mol. The van der Waals surface area contributed by atoms with Gasteiger partial charge in [0.05, 0.1) is 20.7 Å². The summed E-state index contributed by atoms with van der Waals surface area (Å²) in [5.41, 5.74) is 5.23. The van der Waals surface area contributed by atoms with Crippen molar-refractivity contribution in [2.24, 2.45) is 5.10 Å². The summed E-state index contributed by atoms with van der Waals surface area (Å²) < 4.78 is 13.2. The molecule has 0 aliphatic heterocycles. The van der Waals surface area contributed by atoms with Gasteiger partial charge in [0.2, 0.25) is 0 Å². The number of nitrogens with one attached hydrogen (secondary N) is 1. The second-order valence-corrected chi connectivity index (χ2v) is 10.9. The number of hydrogen-bond donors (Lipinski definition) is 1.